The number of carbonyl (C=O) groups excluding carboxylic acids is 2. The number of amides is 2. The van der Waals surface area contributed by atoms with Gasteiger partial charge in [0.25, 0.3) is 11.8 Å². The Morgan fingerprint density at radius 1 is 0.974 bits per heavy atom. The fourth-order valence-electron chi connectivity index (χ4n) is 3.64. The lowest BCUT2D eigenvalue weighted by atomic mass is 10.1. The lowest BCUT2D eigenvalue weighted by Gasteiger charge is -2.18. The van der Waals surface area contributed by atoms with Gasteiger partial charge in [-0.15, -0.1) is 0 Å². The maximum atomic E-state index is 13.3. The topological polar surface area (TPSA) is 146 Å². The summed E-state index contributed by atoms with van der Waals surface area (Å²) in [5.41, 5.74) is 2.43. The van der Waals surface area contributed by atoms with Gasteiger partial charge in [-0.2, -0.15) is 5.10 Å². The number of carboxylic acid groups (broad SMARTS) is 1. The van der Waals surface area contributed by atoms with E-state index in [0.29, 0.717) is 22.4 Å². The first-order valence-electron chi connectivity index (χ1n) is 11.7. The second-order valence-electron chi connectivity index (χ2n) is 8.36. The number of aliphatic hydroxyl groups excluding tert-OH is 1. The molecule has 2 aromatic heterocycles. The van der Waals surface area contributed by atoms with Crippen molar-refractivity contribution in [3.63, 3.8) is 0 Å². The van der Waals surface area contributed by atoms with Gasteiger partial charge in [0.2, 0.25) is 0 Å². The Morgan fingerprint density at radius 2 is 1.66 bits per heavy atom. The van der Waals surface area contributed by atoms with E-state index in [2.05, 4.69) is 20.7 Å². The maximum Gasteiger partial charge on any atom is 0.328 e. The van der Waals surface area contributed by atoms with Gasteiger partial charge in [-0.05, 0) is 49.4 Å². The zero-order valence-corrected chi connectivity index (χ0v) is 20.4. The van der Waals surface area contributed by atoms with E-state index >= 15 is 0 Å². The summed E-state index contributed by atoms with van der Waals surface area (Å²) < 4.78 is 1.62. The average Bonchev–Trinajstić information content (AvgIpc) is 3.36. The minimum atomic E-state index is -1.59. The Balaban J connectivity index is 1.81. The molecule has 0 radical (unpaired) electrons. The molecule has 38 heavy (non-hydrogen) atoms. The number of pyridine rings is 1. The van der Waals surface area contributed by atoms with Crippen molar-refractivity contribution in [2.24, 2.45) is 0 Å². The highest BCUT2D eigenvalue weighted by molar-refractivity contribution is 6.06. The molecular formula is C28H25N5O5. The van der Waals surface area contributed by atoms with Crippen molar-refractivity contribution < 1.29 is 24.6 Å². The number of para-hydroxylation sites is 1. The summed E-state index contributed by atoms with van der Waals surface area (Å²) in [5, 5.41) is 28.8. The molecule has 0 spiro atoms. The van der Waals surface area contributed by atoms with Crippen molar-refractivity contribution in [3.05, 3.63) is 108 Å². The fourth-order valence-corrected chi connectivity index (χ4v) is 3.64. The van der Waals surface area contributed by atoms with Crippen LogP contribution in [-0.4, -0.2) is 54.9 Å². The van der Waals surface area contributed by atoms with Crippen LogP contribution in [0.15, 0.2) is 97.1 Å². The number of rotatable bonds is 9. The quantitative estimate of drug-likeness (QED) is 0.253. The molecule has 10 nitrogen and oxygen atoms in total. The number of aliphatic carboxylic acids is 1. The van der Waals surface area contributed by atoms with Gasteiger partial charge >= 0.3 is 5.97 Å². The molecule has 0 saturated carbocycles. The minimum Gasteiger partial charge on any atom is -0.480 e. The third-order valence-corrected chi connectivity index (χ3v) is 5.56. The normalized spacial score (nSPS) is 12.8. The molecule has 0 fully saturated rings. The monoisotopic (exact) mass is 511 g/mol. The van der Waals surface area contributed by atoms with Crippen molar-refractivity contribution in [2.75, 3.05) is 0 Å². The van der Waals surface area contributed by atoms with Gasteiger partial charge in [0.15, 0.2) is 6.04 Å². The molecule has 2 atom stereocenters. The van der Waals surface area contributed by atoms with Crippen molar-refractivity contribution in [3.8, 4) is 16.9 Å². The van der Waals surface area contributed by atoms with E-state index in [1.54, 1.807) is 65.7 Å². The molecule has 2 amide bonds. The van der Waals surface area contributed by atoms with Crippen LogP contribution in [0.25, 0.3) is 23.0 Å². The van der Waals surface area contributed by atoms with Crippen molar-refractivity contribution >= 4 is 23.9 Å². The lowest BCUT2D eigenvalue weighted by Crippen LogP contribution is -2.49. The Morgan fingerprint density at radius 3 is 2.26 bits per heavy atom. The van der Waals surface area contributed by atoms with E-state index in [9.17, 15) is 24.6 Å². The number of aliphatic hydroxyl groups is 1. The van der Waals surface area contributed by atoms with Crippen LogP contribution in [0.5, 0.6) is 0 Å². The SMILES string of the molecule is CC(O)C(NC(=O)C(=Cc1cn(-c2ccccc2)nc1-c1cccnc1)NC(=O)c1ccccc1)C(=O)O. The van der Waals surface area contributed by atoms with Crippen LogP contribution < -0.4 is 10.6 Å². The van der Waals surface area contributed by atoms with Crippen molar-refractivity contribution in [2.45, 2.75) is 19.1 Å². The molecule has 10 heteroatoms. The van der Waals surface area contributed by atoms with Crippen molar-refractivity contribution in [1.29, 1.82) is 0 Å². The molecule has 0 aliphatic carbocycles. The smallest absolute Gasteiger partial charge is 0.328 e. The lowest BCUT2D eigenvalue weighted by molar-refractivity contribution is -0.144. The average molecular weight is 512 g/mol. The Labute approximate surface area is 218 Å². The first-order valence-corrected chi connectivity index (χ1v) is 11.7. The Kier molecular flexibility index (Phi) is 8.04. The number of aromatic nitrogens is 3. The highest BCUT2D eigenvalue weighted by atomic mass is 16.4. The second kappa shape index (κ2) is 11.8. The molecule has 0 bridgehead atoms. The van der Waals surface area contributed by atoms with Crippen LogP contribution in [0, 0.1) is 0 Å². The van der Waals surface area contributed by atoms with Gasteiger partial charge in [-0.1, -0.05) is 36.4 Å². The molecule has 2 aromatic carbocycles. The van der Waals surface area contributed by atoms with E-state index < -0.39 is 29.9 Å². The number of nitrogens with one attached hydrogen (secondary N) is 2. The predicted molar refractivity (Wildman–Crippen MR) is 140 cm³/mol. The maximum absolute atomic E-state index is 13.3. The molecule has 0 saturated heterocycles. The van der Waals surface area contributed by atoms with Crippen LogP contribution in [0.4, 0.5) is 0 Å². The summed E-state index contributed by atoms with van der Waals surface area (Å²) in [6.45, 7) is 1.25. The molecular weight excluding hydrogens is 486 g/mol. The van der Waals surface area contributed by atoms with Gasteiger partial charge in [-0.25, -0.2) is 9.48 Å². The van der Waals surface area contributed by atoms with Gasteiger partial charge in [-0.3, -0.25) is 14.6 Å². The number of nitrogens with zero attached hydrogens (tertiary/aromatic N) is 3. The minimum absolute atomic E-state index is 0.233. The molecule has 2 unspecified atom stereocenters. The summed E-state index contributed by atoms with van der Waals surface area (Å²) in [7, 11) is 0. The van der Waals surface area contributed by atoms with Gasteiger partial charge < -0.3 is 20.8 Å². The number of benzene rings is 2. The van der Waals surface area contributed by atoms with Crippen molar-refractivity contribution in [1.82, 2.24) is 25.4 Å². The number of carbonyl (C=O) groups is 3. The summed E-state index contributed by atoms with van der Waals surface area (Å²) in [6.07, 6.45) is 4.95. The van der Waals surface area contributed by atoms with E-state index in [4.69, 9.17) is 0 Å². The predicted octanol–water partition coefficient (Wildman–Crippen LogP) is 2.66. The van der Waals surface area contributed by atoms with Gasteiger partial charge in [0, 0.05) is 35.3 Å². The second-order valence-corrected chi connectivity index (χ2v) is 8.36. The standard InChI is InChI=1S/C28H25N5O5/c1-18(34)24(28(37)38)31-27(36)23(30-26(35)19-9-4-2-5-10-19)15-21-17-33(22-12-6-3-7-13-22)32-25(21)20-11-8-14-29-16-20/h2-18,24,34H,1H3,(H,30,35)(H,31,36)(H,37,38). The number of hydrogen-bond donors (Lipinski definition) is 4. The largest absolute Gasteiger partial charge is 0.480 e. The van der Waals surface area contributed by atoms with E-state index in [0.717, 1.165) is 5.69 Å². The molecule has 2 heterocycles. The summed E-state index contributed by atoms with van der Waals surface area (Å²) in [4.78, 5) is 42.0. The van der Waals surface area contributed by atoms with Crippen LogP contribution in [-0.2, 0) is 9.59 Å². The van der Waals surface area contributed by atoms with Crippen LogP contribution in [0.1, 0.15) is 22.8 Å². The highest BCUT2D eigenvalue weighted by Crippen LogP contribution is 2.25. The van der Waals surface area contributed by atoms with E-state index in [1.165, 1.54) is 13.0 Å². The molecule has 192 valence electrons. The highest BCUT2D eigenvalue weighted by Gasteiger charge is 2.27. The fraction of sp³-hybridized carbons (Fsp3) is 0.107. The van der Waals surface area contributed by atoms with Crippen LogP contribution >= 0.6 is 0 Å². The first kappa shape index (κ1) is 26.0. The first-order chi connectivity index (χ1) is 18.3. The molecule has 0 aliphatic rings. The van der Waals surface area contributed by atoms with Gasteiger partial charge in [0.05, 0.1) is 11.8 Å². The summed E-state index contributed by atoms with van der Waals surface area (Å²) >= 11 is 0. The number of hydrogen-bond acceptors (Lipinski definition) is 6. The number of carboxylic acids is 1. The third-order valence-electron chi connectivity index (χ3n) is 5.56. The summed E-state index contributed by atoms with van der Waals surface area (Å²) in [6, 6.07) is 19.5. The molecule has 0 aliphatic heterocycles. The third kappa shape index (κ3) is 6.18. The van der Waals surface area contributed by atoms with Crippen LogP contribution in [0.3, 0.4) is 0 Å². The molecule has 4 aromatic rings. The summed E-state index contributed by atoms with van der Waals surface area (Å²) in [5.74, 6) is -2.89. The molecule has 4 rings (SSSR count). The zero-order chi connectivity index (χ0) is 27.1. The Bertz CT molecular complexity index is 1450. The van der Waals surface area contributed by atoms with Crippen LogP contribution in [0.2, 0.25) is 0 Å². The van der Waals surface area contributed by atoms with Gasteiger partial charge in [0.1, 0.15) is 11.4 Å². The van der Waals surface area contributed by atoms with E-state index in [-0.39, 0.29) is 5.70 Å². The zero-order valence-electron chi connectivity index (χ0n) is 20.4. The van der Waals surface area contributed by atoms with E-state index in [1.807, 2.05) is 30.3 Å². The molecule has 4 N–H and O–H groups in total. The Hall–Kier alpha value is -5.09.